The second kappa shape index (κ2) is 8.86. The molecule has 27 heavy (non-hydrogen) atoms. The second-order valence-electron chi connectivity index (χ2n) is 6.75. The first-order chi connectivity index (χ1) is 13.0. The predicted octanol–water partition coefficient (Wildman–Crippen LogP) is 3.72. The Morgan fingerprint density at radius 2 is 2.15 bits per heavy atom. The molecule has 3 rings (SSSR count). The van der Waals surface area contributed by atoms with Gasteiger partial charge in [-0.3, -0.25) is 9.78 Å². The van der Waals surface area contributed by atoms with Crippen LogP contribution in [0.4, 0.5) is 10.5 Å². The number of amides is 3. The van der Waals surface area contributed by atoms with Crippen molar-refractivity contribution in [3.05, 3.63) is 58.9 Å². The molecule has 6 nitrogen and oxygen atoms in total. The minimum Gasteiger partial charge on any atom is -0.352 e. The van der Waals surface area contributed by atoms with Gasteiger partial charge < -0.3 is 15.5 Å². The van der Waals surface area contributed by atoms with E-state index in [1.54, 1.807) is 35.5 Å². The first-order valence-corrected chi connectivity index (χ1v) is 9.41. The number of halogens is 1. The summed E-state index contributed by atoms with van der Waals surface area (Å²) < 4.78 is 0. The zero-order valence-corrected chi connectivity index (χ0v) is 16.0. The van der Waals surface area contributed by atoms with Gasteiger partial charge in [-0.05, 0) is 55.5 Å². The molecule has 1 aliphatic rings. The molecule has 3 amide bonds. The van der Waals surface area contributed by atoms with Gasteiger partial charge in [-0.25, -0.2) is 4.79 Å². The molecule has 1 aromatic carbocycles. The Hall–Kier alpha value is -2.60. The third-order valence-electron chi connectivity index (χ3n) is 4.79. The normalized spacial score (nSPS) is 16.7. The molecule has 1 aromatic heterocycles. The van der Waals surface area contributed by atoms with Crippen LogP contribution in [0.3, 0.4) is 0 Å². The third kappa shape index (κ3) is 4.98. The molecule has 2 N–H and O–H groups in total. The first kappa shape index (κ1) is 19.2. The Morgan fingerprint density at radius 1 is 1.30 bits per heavy atom. The fourth-order valence-corrected chi connectivity index (χ4v) is 3.36. The van der Waals surface area contributed by atoms with Gasteiger partial charge >= 0.3 is 6.03 Å². The highest BCUT2D eigenvalue weighted by Gasteiger charge is 2.24. The standard InChI is InChI=1S/C20H23ClN4O2/c1-14-17(21)7-2-8-18(14)24-20(27)25-10-4-5-15(13-25)11-23-19(26)16-6-3-9-22-12-16/h2-3,6-9,12,15H,4-5,10-11,13H2,1H3,(H,23,26)(H,24,27)/t15-/m0/s1. The van der Waals surface area contributed by atoms with Gasteiger partial charge in [-0.1, -0.05) is 17.7 Å². The van der Waals surface area contributed by atoms with Gasteiger partial charge in [0.25, 0.3) is 5.91 Å². The van der Waals surface area contributed by atoms with Crippen LogP contribution in [0.15, 0.2) is 42.7 Å². The molecular weight excluding hydrogens is 364 g/mol. The van der Waals surface area contributed by atoms with Gasteiger partial charge in [0, 0.05) is 42.7 Å². The van der Waals surface area contributed by atoms with Crippen molar-refractivity contribution < 1.29 is 9.59 Å². The lowest BCUT2D eigenvalue weighted by molar-refractivity contribution is 0.0938. The van der Waals surface area contributed by atoms with Crippen LogP contribution < -0.4 is 10.6 Å². The Balaban J connectivity index is 1.53. The van der Waals surface area contributed by atoms with Gasteiger partial charge in [-0.2, -0.15) is 0 Å². The van der Waals surface area contributed by atoms with Crippen molar-refractivity contribution in [2.24, 2.45) is 5.92 Å². The van der Waals surface area contributed by atoms with E-state index in [1.165, 1.54) is 0 Å². The third-order valence-corrected chi connectivity index (χ3v) is 5.20. The molecule has 1 atom stereocenters. The van der Waals surface area contributed by atoms with Crippen molar-refractivity contribution in [3.63, 3.8) is 0 Å². The zero-order chi connectivity index (χ0) is 19.2. The fourth-order valence-electron chi connectivity index (χ4n) is 3.19. The van der Waals surface area contributed by atoms with E-state index in [4.69, 9.17) is 11.6 Å². The number of carbonyl (C=O) groups is 2. The minimum atomic E-state index is -0.140. The highest BCUT2D eigenvalue weighted by molar-refractivity contribution is 6.31. The molecular formula is C20H23ClN4O2. The molecule has 0 aliphatic carbocycles. The summed E-state index contributed by atoms with van der Waals surface area (Å²) in [4.78, 5) is 30.5. The van der Waals surface area contributed by atoms with E-state index in [0.717, 1.165) is 24.1 Å². The number of rotatable bonds is 4. The maximum Gasteiger partial charge on any atom is 0.321 e. The van der Waals surface area contributed by atoms with Crippen molar-refractivity contribution in [3.8, 4) is 0 Å². The van der Waals surface area contributed by atoms with Crippen molar-refractivity contribution in [2.45, 2.75) is 19.8 Å². The largest absolute Gasteiger partial charge is 0.352 e. The number of likely N-dealkylation sites (tertiary alicyclic amines) is 1. The molecule has 0 saturated carbocycles. The minimum absolute atomic E-state index is 0.136. The van der Waals surface area contributed by atoms with Gasteiger partial charge in [-0.15, -0.1) is 0 Å². The van der Waals surface area contributed by atoms with Gasteiger partial charge in [0.15, 0.2) is 0 Å². The Morgan fingerprint density at radius 3 is 2.93 bits per heavy atom. The number of nitrogens with zero attached hydrogens (tertiary/aromatic N) is 2. The zero-order valence-electron chi connectivity index (χ0n) is 15.2. The molecule has 1 aliphatic heterocycles. The van der Waals surface area contributed by atoms with E-state index < -0.39 is 0 Å². The van der Waals surface area contributed by atoms with Gasteiger partial charge in [0.1, 0.15) is 0 Å². The van der Waals surface area contributed by atoms with E-state index >= 15 is 0 Å². The van der Waals surface area contributed by atoms with Crippen molar-refractivity contribution >= 4 is 29.2 Å². The lowest BCUT2D eigenvalue weighted by atomic mass is 9.98. The van der Waals surface area contributed by atoms with Crippen LogP contribution >= 0.6 is 11.6 Å². The quantitative estimate of drug-likeness (QED) is 0.840. The molecule has 1 saturated heterocycles. The fraction of sp³-hybridized carbons (Fsp3) is 0.350. The van der Waals surface area contributed by atoms with E-state index in [0.29, 0.717) is 30.2 Å². The van der Waals surface area contributed by atoms with Crippen LogP contribution in [0, 0.1) is 12.8 Å². The van der Waals surface area contributed by atoms with Crippen molar-refractivity contribution in [2.75, 3.05) is 25.0 Å². The molecule has 0 spiro atoms. The Labute approximate surface area is 163 Å². The van der Waals surface area contributed by atoms with E-state index in [1.807, 2.05) is 19.1 Å². The lowest BCUT2D eigenvalue weighted by Gasteiger charge is -2.33. The molecule has 1 fully saturated rings. The summed E-state index contributed by atoms with van der Waals surface area (Å²) in [6.07, 6.45) is 5.07. The molecule has 142 valence electrons. The molecule has 2 heterocycles. The highest BCUT2D eigenvalue weighted by Crippen LogP contribution is 2.24. The summed E-state index contributed by atoms with van der Waals surface area (Å²) in [5, 5.41) is 6.51. The smallest absolute Gasteiger partial charge is 0.321 e. The maximum absolute atomic E-state index is 12.6. The summed E-state index contributed by atoms with van der Waals surface area (Å²) in [5.74, 6) is 0.0878. The number of benzene rings is 1. The van der Waals surface area contributed by atoms with Crippen LogP contribution in [-0.2, 0) is 0 Å². The lowest BCUT2D eigenvalue weighted by Crippen LogP contribution is -2.45. The average molecular weight is 387 g/mol. The summed E-state index contributed by atoms with van der Waals surface area (Å²) in [5.41, 5.74) is 2.11. The van der Waals surface area contributed by atoms with E-state index in [2.05, 4.69) is 15.6 Å². The number of anilines is 1. The number of pyridine rings is 1. The summed E-state index contributed by atoms with van der Waals surface area (Å²) in [6.45, 7) is 3.73. The number of hydrogen-bond donors (Lipinski definition) is 2. The average Bonchev–Trinajstić information content (AvgIpc) is 2.70. The second-order valence-corrected chi connectivity index (χ2v) is 7.16. The van der Waals surface area contributed by atoms with Crippen LogP contribution in [0.2, 0.25) is 5.02 Å². The summed E-state index contributed by atoms with van der Waals surface area (Å²) in [7, 11) is 0. The van der Waals surface area contributed by atoms with Crippen molar-refractivity contribution in [1.82, 2.24) is 15.2 Å². The van der Waals surface area contributed by atoms with Crippen LogP contribution in [0.1, 0.15) is 28.8 Å². The molecule has 0 radical (unpaired) electrons. The monoisotopic (exact) mass is 386 g/mol. The predicted molar refractivity (Wildman–Crippen MR) is 106 cm³/mol. The molecule has 2 aromatic rings. The number of piperidine rings is 1. The Kier molecular flexibility index (Phi) is 6.29. The molecule has 7 heteroatoms. The van der Waals surface area contributed by atoms with Crippen molar-refractivity contribution in [1.29, 1.82) is 0 Å². The van der Waals surface area contributed by atoms with Gasteiger partial charge in [0.05, 0.1) is 5.56 Å². The van der Waals surface area contributed by atoms with E-state index in [-0.39, 0.29) is 17.9 Å². The molecule has 0 bridgehead atoms. The number of aromatic nitrogens is 1. The Bertz CT molecular complexity index is 813. The maximum atomic E-state index is 12.6. The van der Waals surface area contributed by atoms with Crippen LogP contribution in [-0.4, -0.2) is 41.5 Å². The van der Waals surface area contributed by atoms with Crippen LogP contribution in [0.5, 0.6) is 0 Å². The highest BCUT2D eigenvalue weighted by atomic mass is 35.5. The number of urea groups is 1. The first-order valence-electron chi connectivity index (χ1n) is 9.04. The van der Waals surface area contributed by atoms with Crippen LogP contribution in [0.25, 0.3) is 0 Å². The number of hydrogen-bond acceptors (Lipinski definition) is 3. The summed E-state index contributed by atoms with van der Waals surface area (Å²) >= 11 is 6.12. The SMILES string of the molecule is Cc1c(Cl)cccc1NC(=O)N1CCC[C@@H](CNC(=O)c2cccnc2)C1. The van der Waals surface area contributed by atoms with Gasteiger partial charge in [0.2, 0.25) is 0 Å². The van der Waals surface area contributed by atoms with E-state index in [9.17, 15) is 9.59 Å². The topological polar surface area (TPSA) is 74.3 Å². The number of carbonyl (C=O) groups excluding carboxylic acids is 2. The number of nitrogens with one attached hydrogen (secondary N) is 2. The summed E-state index contributed by atoms with van der Waals surface area (Å²) in [6, 6.07) is 8.79. The molecule has 0 unspecified atom stereocenters.